The van der Waals surface area contributed by atoms with E-state index in [4.69, 9.17) is 17.0 Å². The predicted octanol–water partition coefficient (Wildman–Crippen LogP) is 4.71. The predicted molar refractivity (Wildman–Crippen MR) is 144 cm³/mol. The van der Waals surface area contributed by atoms with Crippen molar-refractivity contribution in [3.05, 3.63) is 70.1 Å². The summed E-state index contributed by atoms with van der Waals surface area (Å²) in [5.74, 6) is -0.237. The van der Waals surface area contributed by atoms with Gasteiger partial charge in [-0.25, -0.2) is 4.39 Å². The Morgan fingerprint density at radius 3 is 2.63 bits per heavy atom. The minimum absolute atomic E-state index is 0.0154. The molecule has 38 heavy (non-hydrogen) atoms. The van der Waals surface area contributed by atoms with Crippen LogP contribution in [-0.4, -0.2) is 63.9 Å². The summed E-state index contributed by atoms with van der Waals surface area (Å²) in [6, 6.07) is 9.72. The summed E-state index contributed by atoms with van der Waals surface area (Å²) in [7, 11) is 3.57. The van der Waals surface area contributed by atoms with Crippen LogP contribution in [0.5, 0.6) is 0 Å². The number of aromatic nitrogens is 1. The Kier molecular flexibility index (Phi) is 6.86. The molecule has 198 valence electrons. The first-order chi connectivity index (χ1) is 18.1. The second-order valence-corrected chi connectivity index (χ2v) is 10.9. The highest BCUT2D eigenvalue weighted by atomic mass is 35.5. The van der Waals surface area contributed by atoms with E-state index < -0.39 is 11.9 Å². The Hall–Kier alpha value is -3.52. The van der Waals surface area contributed by atoms with Crippen LogP contribution in [0, 0.1) is 17.1 Å². The Balaban J connectivity index is 1.37. The second-order valence-electron chi connectivity index (χ2n) is 10.5. The molecule has 1 aliphatic heterocycles. The van der Waals surface area contributed by atoms with E-state index in [2.05, 4.69) is 0 Å². The van der Waals surface area contributed by atoms with Crippen molar-refractivity contribution in [3.8, 4) is 0 Å². The number of fused-ring (bicyclic) bond motifs is 2. The number of carbonyl (C=O) groups is 3. The largest absolute Gasteiger partial charge is 0.363 e. The fraction of sp³-hybridized carbons (Fsp3) is 0.379. The van der Waals surface area contributed by atoms with Crippen molar-refractivity contribution in [2.75, 3.05) is 14.1 Å². The van der Waals surface area contributed by atoms with E-state index in [1.54, 1.807) is 52.9 Å². The first-order valence-electron chi connectivity index (χ1n) is 12.7. The van der Waals surface area contributed by atoms with Crippen molar-refractivity contribution in [3.63, 3.8) is 0 Å². The van der Waals surface area contributed by atoms with E-state index in [-0.39, 0.29) is 47.9 Å². The summed E-state index contributed by atoms with van der Waals surface area (Å²) in [6.07, 6.45) is 3.55. The van der Waals surface area contributed by atoms with Crippen molar-refractivity contribution in [1.82, 2.24) is 14.4 Å². The monoisotopic (exact) mass is 536 g/mol. The quantitative estimate of drug-likeness (QED) is 0.256. The van der Waals surface area contributed by atoms with Crippen molar-refractivity contribution in [1.29, 1.82) is 5.41 Å². The van der Waals surface area contributed by atoms with Gasteiger partial charge in [-0.15, -0.1) is 0 Å². The second kappa shape index (κ2) is 9.98. The number of Topliss-reactive ketones (excluding diaryl/α,β-unsaturated/α-hetero) is 2. The van der Waals surface area contributed by atoms with Gasteiger partial charge >= 0.3 is 0 Å². The van der Waals surface area contributed by atoms with Crippen LogP contribution in [-0.2, 0) is 22.6 Å². The van der Waals surface area contributed by atoms with E-state index in [0.29, 0.717) is 40.4 Å². The number of piperidine rings is 1. The number of carbonyl (C=O) groups excluding carboxylic acids is 3. The lowest BCUT2D eigenvalue weighted by atomic mass is 10.00. The number of amides is 1. The molecule has 1 saturated carbocycles. The number of nitrogens with zero attached hydrogens (tertiary/aromatic N) is 3. The normalized spacial score (nSPS) is 19.9. The summed E-state index contributed by atoms with van der Waals surface area (Å²) >= 11 is 5.88. The molecule has 0 unspecified atom stereocenters. The van der Waals surface area contributed by atoms with Crippen LogP contribution in [0.3, 0.4) is 0 Å². The molecule has 1 amide bonds. The standard InChI is InChI=1S/C29H30ClFN4O3/c1-16(36)21-14-34(24-11-18(7-9-20(21)24)29(32)33(2)3)15-27(38)35-23-12-19(23)13-25(35)26(37)10-8-17-5-4-6-22(30)28(17)31/h4-7,9,11,14,19,23,25,32H,8,10,12-13,15H2,1-3H3/t19-,23-,25+/m1/s1. The molecule has 1 aliphatic carbocycles. The lowest BCUT2D eigenvalue weighted by Gasteiger charge is -2.27. The molecule has 5 rings (SSSR count). The van der Waals surface area contributed by atoms with E-state index in [9.17, 15) is 18.8 Å². The lowest BCUT2D eigenvalue weighted by Crippen LogP contribution is -2.44. The van der Waals surface area contributed by atoms with Gasteiger partial charge in [0, 0.05) is 54.8 Å². The van der Waals surface area contributed by atoms with E-state index in [0.717, 1.165) is 11.8 Å². The van der Waals surface area contributed by atoms with Crippen molar-refractivity contribution < 1.29 is 18.8 Å². The zero-order chi connectivity index (χ0) is 27.3. The molecule has 2 aliphatic rings. The first-order valence-corrected chi connectivity index (χ1v) is 13.1. The first kappa shape index (κ1) is 26.1. The van der Waals surface area contributed by atoms with Gasteiger partial charge < -0.3 is 14.4 Å². The highest BCUT2D eigenvalue weighted by molar-refractivity contribution is 6.30. The number of amidine groups is 1. The maximum atomic E-state index is 14.3. The lowest BCUT2D eigenvalue weighted by molar-refractivity contribution is -0.139. The van der Waals surface area contributed by atoms with Gasteiger partial charge in [-0.2, -0.15) is 0 Å². The third kappa shape index (κ3) is 4.73. The number of aryl methyl sites for hydroxylation is 1. The highest BCUT2D eigenvalue weighted by Gasteiger charge is 2.55. The molecule has 3 atom stereocenters. The topological polar surface area (TPSA) is 86.5 Å². The van der Waals surface area contributed by atoms with Crippen LogP contribution >= 0.6 is 11.6 Å². The zero-order valence-electron chi connectivity index (χ0n) is 21.6. The molecule has 3 aromatic rings. The number of hydrogen-bond donors (Lipinski definition) is 1. The molecule has 0 spiro atoms. The van der Waals surface area contributed by atoms with Crippen LogP contribution < -0.4 is 0 Å². The molecular weight excluding hydrogens is 507 g/mol. The minimum Gasteiger partial charge on any atom is -0.363 e. The fourth-order valence-corrected chi connectivity index (χ4v) is 5.80. The molecule has 1 saturated heterocycles. The van der Waals surface area contributed by atoms with E-state index in [1.165, 1.54) is 13.0 Å². The summed E-state index contributed by atoms with van der Waals surface area (Å²) in [6.45, 7) is 1.47. The number of halogens is 2. The summed E-state index contributed by atoms with van der Waals surface area (Å²) in [5, 5.41) is 9.09. The van der Waals surface area contributed by atoms with Gasteiger partial charge in [-0.3, -0.25) is 19.8 Å². The van der Waals surface area contributed by atoms with Crippen molar-refractivity contribution in [2.45, 2.75) is 51.2 Å². The highest BCUT2D eigenvalue weighted by Crippen LogP contribution is 2.48. The molecule has 1 aromatic heterocycles. The van der Waals surface area contributed by atoms with Gasteiger partial charge in [0.2, 0.25) is 5.91 Å². The van der Waals surface area contributed by atoms with Gasteiger partial charge in [0.15, 0.2) is 11.6 Å². The average molecular weight is 537 g/mol. The van der Waals surface area contributed by atoms with E-state index in [1.807, 2.05) is 12.1 Å². The molecule has 0 radical (unpaired) electrons. The van der Waals surface area contributed by atoms with Gasteiger partial charge in [0.25, 0.3) is 0 Å². The van der Waals surface area contributed by atoms with Gasteiger partial charge in [-0.1, -0.05) is 35.9 Å². The molecular formula is C29H30ClFN4O3. The summed E-state index contributed by atoms with van der Waals surface area (Å²) in [4.78, 5) is 42.6. The summed E-state index contributed by atoms with van der Waals surface area (Å²) in [5.41, 5.74) is 2.27. The Morgan fingerprint density at radius 1 is 1.16 bits per heavy atom. The molecule has 7 nitrogen and oxygen atoms in total. The zero-order valence-corrected chi connectivity index (χ0v) is 22.4. The Labute approximate surface area is 225 Å². The molecule has 2 heterocycles. The number of ketones is 2. The number of benzene rings is 2. The van der Waals surface area contributed by atoms with Gasteiger partial charge in [-0.05, 0) is 49.8 Å². The third-order valence-electron chi connectivity index (χ3n) is 7.72. The maximum absolute atomic E-state index is 14.3. The SMILES string of the molecule is CC(=O)c1cn(CC(=O)N2[C@@H]3C[C@@H]3C[C@H]2C(=O)CCc2cccc(Cl)c2F)c2cc(C(=N)N(C)C)ccc12. The smallest absolute Gasteiger partial charge is 0.243 e. The van der Waals surface area contributed by atoms with Gasteiger partial charge in [0.05, 0.1) is 11.1 Å². The Bertz CT molecular complexity index is 1480. The van der Waals surface area contributed by atoms with Crippen LogP contribution in [0.15, 0.2) is 42.6 Å². The molecule has 2 aromatic carbocycles. The number of rotatable bonds is 8. The molecule has 2 fully saturated rings. The van der Waals surface area contributed by atoms with Crippen LogP contribution in [0.4, 0.5) is 4.39 Å². The van der Waals surface area contributed by atoms with Crippen LogP contribution in [0.2, 0.25) is 5.02 Å². The average Bonchev–Trinajstić information content (AvgIpc) is 3.39. The molecule has 9 heteroatoms. The molecule has 1 N–H and O–H groups in total. The molecule has 0 bridgehead atoms. The number of likely N-dealkylation sites (tertiary alicyclic amines) is 1. The Morgan fingerprint density at radius 2 is 1.92 bits per heavy atom. The summed E-state index contributed by atoms with van der Waals surface area (Å²) < 4.78 is 16.1. The van der Waals surface area contributed by atoms with Crippen molar-refractivity contribution >= 4 is 45.8 Å². The van der Waals surface area contributed by atoms with Crippen molar-refractivity contribution in [2.24, 2.45) is 5.92 Å². The third-order valence-corrected chi connectivity index (χ3v) is 8.02. The van der Waals surface area contributed by atoms with Crippen LogP contribution in [0.25, 0.3) is 10.9 Å². The van der Waals surface area contributed by atoms with E-state index >= 15 is 0 Å². The fourth-order valence-electron chi connectivity index (χ4n) is 5.60. The van der Waals surface area contributed by atoms with Gasteiger partial charge in [0.1, 0.15) is 18.2 Å². The number of nitrogens with one attached hydrogen (secondary N) is 1. The van der Waals surface area contributed by atoms with Crippen LogP contribution in [0.1, 0.15) is 47.7 Å². The minimum atomic E-state index is -0.528. The number of hydrogen-bond acceptors (Lipinski definition) is 4. The maximum Gasteiger partial charge on any atom is 0.243 e.